The largest absolute Gasteiger partial charge is 0.462 e. The molecule has 2 nitrogen and oxygen atoms in total. The molecule has 3 atom stereocenters. The van der Waals surface area contributed by atoms with Gasteiger partial charge in [-0.15, -0.1) is 0 Å². The third kappa shape index (κ3) is 7.85. The number of hydrogen-bond donors (Lipinski definition) is 0. The van der Waals surface area contributed by atoms with E-state index in [-0.39, 0.29) is 5.97 Å². The lowest BCUT2D eigenvalue weighted by Crippen LogP contribution is -2.33. The van der Waals surface area contributed by atoms with Crippen LogP contribution in [0.4, 0.5) is 0 Å². The number of allylic oxidation sites excluding steroid dienone is 1. The van der Waals surface area contributed by atoms with Gasteiger partial charge in [0.15, 0.2) is 0 Å². The van der Waals surface area contributed by atoms with Gasteiger partial charge in [0.25, 0.3) is 0 Å². The van der Waals surface area contributed by atoms with E-state index in [9.17, 15) is 4.79 Å². The summed E-state index contributed by atoms with van der Waals surface area (Å²) in [6.45, 7) is 13.9. The van der Waals surface area contributed by atoms with Crippen molar-refractivity contribution in [2.24, 2.45) is 23.2 Å². The Hall–Kier alpha value is -0.790. The van der Waals surface area contributed by atoms with Gasteiger partial charge in [0.05, 0.1) is 0 Å². The van der Waals surface area contributed by atoms with Gasteiger partial charge in [-0.2, -0.15) is 0 Å². The van der Waals surface area contributed by atoms with E-state index >= 15 is 0 Å². The topological polar surface area (TPSA) is 26.3 Å². The number of esters is 1. The van der Waals surface area contributed by atoms with Crippen LogP contribution in [-0.4, -0.2) is 12.6 Å². The van der Waals surface area contributed by atoms with Crippen LogP contribution in [0, 0.1) is 23.2 Å². The van der Waals surface area contributed by atoms with Crippen molar-refractivity contribution < 1.29 is 9.53 Å². The van der Waals surface area contributed by atoms with Crippen molar-refractivity contribution in [2.75, 3.05) is 6.61 Å². The van der Waals surface area contributed by atoms with Crippen LogP contribution in [0.5, 0.6) is 0 Å². The average Bonchev–Trinajstić information content (AvgIpc) is 2.45. The molecule has 0 N–H and O–H groups in total. The third-order valence-corrected chi connectivity index (χ3v) is 6.13. The van der Waals surface area contributed by atoms with Crippen molar-refractivity contribution in [1.82, 2.24) is 0 Å². The first-order chi connectivity index (χ1) is 11.2. The summed E-state index contributed by atoms with van der Waals surface area (Å²) >= 11 is 0. The average molecular weight is 337 g/mol. The molecule has 0 aromatic heterocycles. The Bertz CT molecular complexity index is 408. The van der Waals surface area contributed by atoms with E-state index < -0.39 is 0 Å². The van der Waals surface area contributed by atoms with Crippen LogP contribution in [-0.2, 0) is 9.53 Å². The molecule has 1 saturated carbocycles. The molecule has 1 rings (SSSR count). The molecule has 2 heteroatoms. The number of hydrogen-bond acceptors (Lipinski definition) is 2. The molecule has 0 bridgehead atoms. The lowest BCUT2D eigenvalue weighted by Gasteiger charge is -2.43. The summed E-state index contributed by atoms with van der Waals surface area (Å²) in [5.74, 6) is 2.41. The van der Waals surface area contributed by atoms with E-state index in [1.54, 1.807) is 0 Å². The standard InChI is InChI=1S/C22H40O2/c1-17(9-7-10-18(2)14-16-24-20(4)23)12-13-21-19(3)11-8-15-22(21,5)6/h14,17,19,21H,7-13,15-16H2,1-6H3/b18-14+/t17-,19-,21-/m0/s1. The molecule has 0 aromatic rings. The lowest BCUT2D eigenvalue weighted by atomic mass is 9.62. The predicted octanol–water partition coefficient (Wildman–Crippen LogP) is 6.54. The highest BCUT2D eigenvalue weighted by Gasteiger charge is 2.36. The maximum atomic E-state index is 10.7. The van der Waals surface area contributed by atoms with Gasteiger partial charge in [-0.05, 0) is 61.9 Å². The molecule has 1 aliphatic carbocycles. The van der Waals surface area contributed by atoms with Gasteiger partial charge in [0.1, 0.15) is 6.61 Å². The van der Waals surface area contributed by atoms with E-state index in [1.165, 1.54) is 57.4 Å². The third-order valence-electron chi connectivity index (χ3n) is 6.13. The molecular weight excluding hydrogens is 296 g/mol. The fourth-order valence-corrected chi connectivity index (χ4v) is 4.45. The molecule has 1 fully saturated rings. The Kier molecular flexibility index (Phi) is 9.08. The minimum Gasteiger partial charge on any atom is -0.462 e. The van der Waals surface area contributed by atoms with Gasteiger partial charge in [-0.25, -0.2) is 0 Å². The van der Waals surface area contributed by atoms with Crippen molar-refractivity contribution in [2.45, 2.75) is 92.9 Å². The van der Waals surface area contributed by atoms with E-state index in [0.29, 0.717) is 12.0 Å². The molecule has 0 radical (unpaired) electrons. The summed E-state index contributed by atoms with van der Waals surface area (Å²) in [5, 5.41) is 0. The Morgan fingerprint density at radius 3 is 2.62 bits per heavy atom. The van der Waals surface area contributed by atoms with Crippen LogP contribution in [0.15, 0.2) is 11.6 Å². The molecule has 0 spiro atoms. The van der Waals surface area contributed by atoms with Crippen molar-refractivity contribution in [1.29, 1.82) is 0 Å². The SMILES string of the molecule is CC(=O)OC/C=C(\C)CCC[C@H](C)CC[C@H]1[C@@H](C)CCCC1(C)C. The maximum absolute atomic E-state index is 10.7. The first-order valence-electron chi connectivity index (χ1n) is 10.0. The van der Waals surface area contributed by atoms with Crippen LogP contribution < -0.4 is 0 Å². The zero-order valence-electron chi connectivity index (χ0n) is 17.0. The molecule has 0 aliphatic heterocycles. The molecular formula is C22H40O2. The summed E-state index contributed by atoms with van der Waals surface area (Å²) in [5.41, 5.74) is 1.87. The van der Waals surface area contributed by atoms with Crippen molar-refractivity contribution in [3.05, 3.63) is 11.6 Å². The van der Waals surface area contributed by atoms with Gasteiger partial charge in [-0.3, -0.25) is 4.79 Å². The highest BCUT2D eigenvalue weighted by Crippen LogP contribution is 2.46. The van der Waals surface area contributed by atoms with Crippen LogP contribution in [0.1, 0.15) is 92.9 Å². The molecule has 0 aromatic carbocycles. The molecule has 0 saturated heterocycles. The first-order valence-corrected chi connectivity index (χ1v) is 10.0. The van der Waals surface area contributed by atoms with Gasteiger partial charge in [0.2, 0.25) is 0 Å². The fourth-order valence-electron chi connectivity index (χ4n) is 4.45. The van der Waals surface area contributed by atoms with Gasteiger partial charge in [0, 0.05) is 6.92 Å². The number of ether oxygens (including phenoxy) is 1. The molecule has 1 aliphatic rings. The van der Waals surface area contributed by atoms with Gasteiger partial charge >= 0.3 is 5.97 Å². The quantitative estimate of drug-likeness (QED) is 0.353. The summed E-state index contributed by atoms with van der Waals surface area (Å²) in [7, 11) is 0. The molecule has 24 heavy (non-hydrogen) atoms. The summed E-state index contributed by atoms with van der Waals surface area (Å²) in [4.78, 5) is 10.7. The monoisotopic (exact) mass is 336 g/mol. The fraction of sp³-hybridized carbons (Fsp3) is 0.864. The summed E-state index contributed by atoms with van der Waals surface area (Å²) < 4.78 is 4.96. The lowest BCUT2D eigenvalue weighted by molar-refractivity contribution is -0.139. The van der Waals surface area contributed by atoms with Crippen molar-refractivity contribution in [3.8, 4) is 0 Å². The highest BCUT2D eigenvalue weighted by atomic mass is 16.5. The second kappa shape index (κ2) is 10.3. The number of rotatable bonds is 9. The van der Waals surface area contributed by atoms with E-state index in [2.05, 4.69) is 34.6 Å². The normalized spacial score (nSPS) is 25.3. The van der Waals surface area contributed by atoms with Crippen LogP contribution >= 0.6 is 0 Å². The second-order valence-corrected chi connectivity index (χ2v) is 8.89. The number of carbonyl (C=O) groups is 1. The summed E-state index contributed by atoms with van der Waals surface area (Å²) in [6, 6.07) is 0. The first kappa shape index (κ1) is 21.3. The number of carbonyl (C=O) groups excluding carboxylic acids is 1. The minimum absolute atomic E-state index is 0.201. The molecule has 0 heterocycles. The van der Waals surface area contributed by atoms with E-state index in [4.69, 9.17) is 4.74 Å². The predicted molar refractivity (Wildman–Crippen MR) is 103 cm³/mol. The zero-order valence-corrected chi connectivity index (χ0v) is 17.0. The van der Waals surface area contributed by atoms with Crippen LogP contribution in [0.2, 0.25) is 0 Å². The molecule has 140 valence electrons. The Morgan fingerprint density at radius 2 is 2.00 bits per heavy atom. The maximum Gasteiger partial charge on any atom is 0.302 e. The zero-order chi connectivity index (χ0) is 18.2. The smallest absolute Gasteiger partial charge is 0.302 e. The minimum atomic E-state index is -0.201. The van der Waals surface area contributed by atoms with Crippen LogP contribution in [0.3, 0.4) is 0 Å². The van der Waals surface area contributed by atoms with Gasteiger partial charge < -0.3 is 4.74 Å². The summed E-state index contributed by atoms with van der Waals surface area (Å²) in [6.07, 6.45) is 12.7. The second-order valence-electron chi connectivity index (χ2n) is 8.89. The van der Waals surface area contributed by atoms with Crippen molar-refractivity contribution in [3.63, 3.8) is 0 Å². The highest BCUT2D eigenvalue weighted by molar-refractivity contribution is 5.66. The van der Waals surface area contributed by atoms with Crippen molar-refractivity contribution >= 4 is 5.97 Å². The van der Waals surface area contributed by atoms with E-state index in [0.717, 1.165) is 24.2 Å². The molecule has 0 unspecified atom stereocenters. The van der Waals surface area contributed by atoms with E-state index in [1.807, 2.05) is 6.08 Å². The Morgan fingerprint density at radius 1 is 1.29 bits per heavy atom. The van der Waals surface area contributed by atoms with Gasteiger partial charge in [-0.1, -0.05) is 59.0 Å². The Labute approximate surface area is 150 Å². The molecule has 0 amide bonds. The Balaban J connectivity index is 2.24. The van der Waals surface area contributed by atoms with Crippen LogP contribution in [0.25, 0.3) is 0 Å².